The molecule has 0 spiro atoms. The van der Waals surface area contributed by atoms with Crippen molar-refractivity contribution in [2.75, 3.05) is 53.2 Å². The van der Waals surface area contributed by atoms with Crippen molar-refractivity contribution >= 4 is 32.8 Å². The Kier molecular flexibility index (Phi) is 6.82. The number of rotatable bonds is 5. The van der Waals surface area contributed by atoms with E-state index in [0.717, 1.165) is 44.2 Å². The van der Waals surface area contributed by atoms with Gasteiger partial charge in [0.05, 0.1) is 11.5 Å². The first-order valence-corrected chi connectivity index (χ1v) is 15.8. The summed E-state index contributed by atoms with van der Waals surface area (Å²) in [7, 11) is -2.95. The van der Waals surface area contributed by atoms with Gasteiger partial charge in [-0.3, -0.25) is 9.69 Å². The maximum absolute atomic E-state index is 14.8. The van der Waals surface area contributed by atoms with Crippen LogP contribution < -0.4 is 15.5 Å². The lowest BCUT2D eigenvalue weighted by molar-refractivity contribution is -0.121. The molecule has 39 heavy (non-hydrogen) atoms. The van der Waals surface area contributed by atoms with Gasteiger partial charge in [-0.05, 0) is 61.9 Å². The number of nitrogens with zero attached hydrogens (tertiary/aromatic N) is 2. The van der Waals surface area contributed by atoms with E-state index in [1.807, 2.05) is 6.92 Å². The molecule has 7 nitrogen and oxygen atoms in total. The van der Waals surface area contributed by atoms with Crippen molar-refractivity contribution in [1.29, 1.82) is 0 Å². The topological polar surface area (TPSA) is 81.8 Å². The van der Waals surface area contributed by atoms with Crippen molar-refractivity contribution in [2.24, 2.45) is 5.92 Å². The maximum Gasteiger partial charge on any atom is 0.250 e. The van der Waals surface area contributed by atoms with Crippen LogP contribution in [0, 0.1) is 24.5 Å². The SMILES string of the molecule is Cc1ccc(F)c2c1NC(C(=O)Nc1cc(F)cc(N3CC[C@H](N4CCS(=O)(=O)CC4)C3)c1)(C1CCCC1)C2. The first-order valence-electron chi connectivity index (χ1n) is 14.0. The highest BCUT2D eigenvalue weighted by molar-refractivity contribution is 7.91. The number of amides is 1. The molecule has 4 aliphatic rings. The Balaban J connectivity index is 1.21. The van der Waals surface area contributed by atoms with Crippen LogP contribution in [0.4, 0.5) is 25.8 Å². The van der Waals surface area contributed by atoms with Crippen LogP contribution in [-0.4, -0.2) is 68.5 Å². The lowest BCUT2D eigenvalue weighted by atomic mass is 9.79. The molecule has 210 valence electrons. The molecule has 0 aromatic heterocycles. The Labute approximate surface area is 228 Å². The molecular weight excluding hydrogens is 522 g/mol. The smallest absolute Gasteiger partial charge is 0.250 e. The van der Waals surface area contributed by atoms with E-state index in [4.69, 9.17) is 0 Å². The molecule has 3 heterocycles. The quantitative estimate of drug-likeness (QED) is 0.575. The second kappa shape index (κ2) is 10.0. The van der Waals surface area contributed by atoms with Crippen molar-refractivity contribution in [3.63, 3.8) is 0 Å². The highest BCUT2D eigenvalue weighted by Crippen LogP contribution is 2.46. The molecule has 0 radical (unpaired) electrons. The minimum atomic E-state index is -2.95. The summed E-state index contributed by atoms with van der Waals surface area (Å²) in [6, 6.07) is 8.03. The molecule has 2 aromatic carbocycles. The monoisotopic (exact) mass is 558 g/mol. The fraction of sp³-hybridized carbons (Fsp3) is 0.552. The van der Waals surface area contributed by atoms with Gasteiger partial charge in [0, 0.05) is 61.3 Å². The largest absolute Gasteiger partial charge is 0.370 e. The summed E-state index contributed by atoms with van der Waals surface area (Å²) in [6.07, 6.45) is 4.97. The molecule has 2 atom stereocenters. The third kappa shape index (κ3) is 5.01. The number of hydrogen-bond acceptors (Lipinski definition) is 6. The molecule has 10 heteroatoms. The van der Waals surface area contributed by atoms with Gasteiger partial charge in [0.15, 0.2) is 9.84 Å². The Bertz CT molecular complexity index is 1350. The van der Waals surface area contributed by atoms with E-state index >= 15 is 0 Å². The van der Waals surface area contributed by atoms with Crippen molar-refractivity contribution in [3.8, 4) is 0 Å². The summed E-state index contributed by atoms with van der Waals surface area (Å²) in [5.41, 5.74) is 2.25. The summed E-state index contributed by atoms with van der Waals surface area (Å²) >= 11 is 0. The van der Waals surface area contributed by atoms with Gasteiger partial charge in [-0.25, -0.2) is 17.2 Å². The first kappa shape index (κ1) is 26.5. The van der Waals surface area contributed by atoms with Crippen LogP contribution in [0.3, 0.4) is 0 Å². The highest BCUT2D eigenvalue weighted by atomic mass is 32.2. The van der Waals surface area contributed by atoms with E-state index in [9.17, 15) is 22.0 Å². The van der Waals surface area contributed by atoms with E-state index in [-0.39, 0.29) is 41.6 Å². The molecule has 2 saturated heterocycles. The Morgan fingerprint density at radius 3 is 2.51 bits per heavy atom. The number of nitrogens with one attached hydrogen (secondary N) is 2. The normalized spacial score (nSPS) is 26.9. The molecule has 3 fully saturated rings. The van der Waals surface area contributed by atoms with Gasteiger partial charge in [-0.15, -0.1) is 0 Å². The number of fused-ring (bicyclic) bond motifs is 1. The van der Waals surface area contributed by atoms with Crippen LogP contribution in [0.15, 0.2) is 30.3 Å². The minimum absolute atomic E-state index is 0.0597. The summed E-state index contributed by atoms with van der Waals surface area (Å²) in [5.74, 6) is -0.569. The standard InChI is InChI=1S/C29H36F2N4O3S/c1-19-6-7-26(31)25-17-29(33-27(19)25,20-4-2-3-5-20)28(36)32-22-14-21(30)15-24(16-22)35-9-8-23(18-35)34-10-12-39(37,38)13-11-34/h6-7,14-16,20,23,33H,2-5,8-13,17-18H2,1H3,(H,32,36)/t23-,29?/m0/s1. The summed E-state index contributed by atoms with van der Waals surface area (Å²) in [6.45, 7) is 4.39. The van der Waals surface area contributed by atoms with Crippen LogP contribution in [0.2, 0.25) is 0 Å². The lowest BCUT2D eigenvalue weighted by Gasteiger charge is -2.35. The second-order valence-electron chi connectivity index (χ2n) is 11.7. The van der Waals surface area contributed by atoms with Crippen LogP contribution in [0.1, 0.15) is 43.2 Å². The molecule has 1 aliphatic carbocycles. The van der Waals surface area contributed by atoms with Crippen molar-refractivity contribution in [1.82, 2.24) is 4.90 Å². The third-order valence-corrected chi connectivity index (χ3v) is 10.9. The minimum Gasteiger partial charge on any atom is -0.370 e. The molecule has 6 rings (SSSR count). The predicted octanol–water partition coefficient (Wildman–Crippen LogP) is 4.12. The fourth-order valence-electron chi connectivity index (χ4n) is 7.06. The number of carbonyl (C=O) groups is 1. The average molecular weight is 559 g/mol. The van der Waals surface area contributed by atoms with Gasteiger partial charge < -0.3 is 15.5 Å². The summed E-state index contributed by atoms with van der Waals surface area (Å²) < 4.78 is 53.3. The van der Waals surface area contributed by atoms with Crippen LogP contribution >= 0.6 is 0 Å². The van der Waals surface area contributed by atoms with Crippen molar-refractivity contribution in [2.45, 2.75) is 57.0 Å². The van der Waals surface area contributed by atoms with Gasteiger partial charge in [0.1, 0.15) is 17.2 Å². The zero-order chi connectivity index (χ0) is 27.4. The first-order chi connectivity index (χ1) is 18.6. The number of sulfone groups is 1. The van der Waals surface area contributed by atoms with Gasteiger partial charge >= 0.3 is 0 Å². The predicted molar refractivity (Wildman–Crippen MR) is 149 cm³/mol. The number of benzene rings is 2. The molecule has 2 aromatic rings. The maximum atomic E-state index is 14.8. The van der Waals surface area contributed by atoms with Gasteiger partial charge in [0.25, 0.3) is 5.91 Å². The lowest BCUT2D eigenvalue weighted by Crippen LogP contribution is -2.53. The highest BCUT2D eigenvalue weighted by Gasteiger charge is 2.51. The number of hydrogen-bond donors (Lipinski definition) is 2. The van der Waals surface area contributed by atoms with E-state index < -0.39 is 21.2 Å². The molecule has 1 saturated carbocycles. The van der Waals surface area contributed by atoms with Gasteiger partial charge in [-0.2, -0.15) is 0 Å². The second-order valence-corrected chi connectivity index (χ2v) is 14.0. The van der Waals surface area contributed by atoms with E-state index in [2.05, 4.69) is 20.4 Å². The molecule has 2 N–H and O–H groups in total. The van der Waals surface area contributed by atoms with Gasteiger partial charge in [-0.1, -0.05) is 18.9 Å². The number of halogens is 2. The number of carbonyl (C=O) groups excluding carboxylic acids is 1. The fourth-order valence-corrected chi connectivity index (χ4v) is 8.29. The van der Waals surface area contributed by atoms with E-state index in [0.29, 0.717) is 42.3 Å². The van der Waals surface area contributed by atoms with Crippen molar-refractivity contribution < 1.29 is 22.0 Å². The van der Waals surface area contributed by atoms with Crippen molar-refractivity contribution in [3.05, 3.63) is 53.1 Å². The Morgan fingerprint density at radius 1 is 1.05 bits per heavy atom. The van der Waals surface area contributed by atoms with Crippen LogP contribution in [-0.2, 0) is 21.1 Å². The molecule has 1 amide bonds. The summed E-state index contributed by atoms with van der Waals surface area (Å²) in [4.78, 5) is 18.3. The Morgan fingerprint density at radius 2 is 1.79 bits per heavy atom. The molecule has 0 bridgehead atoms. The zero-order valence-corrected chi connectivity index (χ0v) is 23.1. The average Bonchev–Trinajstić information content (AvgIpc) is 3.66. The number of anilines is 3. The summed E-state index contributed by atoms with van der Waals surface area (Å²) in [5, 5.41) is 6.44. The van der Waals surface area contributed by atoms with Crippen LogP contribution in [0.5, 0.6) is 0 Å². The van der Waals surface area contributed by atoms with Gasteiger partial charge in [0.2, 0.25) is 0 Å². The zero-order valence-electron chi connectivity index (χ0n) is 22.3. The number of aryl methyl sites for hydroxylation is 1. The molecular formula is C29H36F2N4O3S. The Hall–Kier alpha value is -2.72. The molecule has 3 aliphatic heterocycles. The van der Waals surface area contributed by atoms with E-state index in [1.54, 1.807) is 12.1 Å². The van der Waals surface area contributed by atoms with Crippen LogP contribution in [0.25, 0.3) is 0 Å². The van der Waals surface area contributed by atoms with E-state index in [1.165, 1.54) is 18.2 Å². The third-order valence-electron chi connectivity index (χ3n) is 9.29. The molecule has 1 unspecified atom stereocenters.